The van der Waals surface area contributed by atoms with Gasteiger partial charge in [0, 0.05) is 22.3 Å². The predicted octanol–water partition coefficient (Wildman–Crippen LogP) is 21.1. The van der Waals surface area contributed by atoms with Gasteiger partial charge < -0.3 is 0 Å². The zero-order chi connectivity index (χ0) is 53.8. The van der Waals surface area contributed by atoms with E-state index in [1.54, 1.807) is 12.2 Å². The number of rotatable bonds is 12. The molecule has 2 heteroatoms. The molecule has 0 saturated heterocycles. The Bertz CT molecular complexity index is 3280. The van der Waals surface area contributed by atoms with E-state index in [-0.39, 0.29) is 0 Å². The second-order valence-electron chi connectivity index (χ2n) is 17.2. The van der Waals surface area contributed by atoms with Gasteiger partial charge in [0.2, 0.25) is 0 Å². The Hall–Kier alpha value is -8.98. The minimum atomic E-state index is 0.912. The molecule has 0 bridgehead atoms. The molecule has 2 nitrogen and oxygen atoms in total. The molecule has 0 atom stereocenters. The van der Waals surface area contributed by atoms with Crippen molar-refractivity contribution in [2.75, 3.05) is 0 Å². The summed E-state index contributed by atoms with van der Waals surface area (Å²) in [5.74, 6) is 0. The van der Waals surface area contributed by atoms with Crippen molar-refractivity contribution in [1.29, 1.82) is 0 Å². The zero-order valence-corrected chi connectivity index (χ0v) is 45.0. The van der Waals surface area contributed by atoms with E-state index >= 15 is 0 Å². The molecule has 0 radical (unpaired) electrons. The maximum absolute atomic E-state index is 5.21. The summed E-state index contributed by atoms with van der Waals surface area (Å²) in [6, 6.07) is 74.5. The van der Waals surface area contributed by atoms with Crippen molar-refractivity contribution in [2.24, 2.45) is 0 Å². The van der Waals surface area contributed by atoms with Crippen LogP contribution in [0.5, 0.6) is 0 Å². The number of hydrogen-bond acceptors (Lipinski definition) is 2. The summed E-state index contributed by atoms with van der Waals surface area (Å²) in [7, 11) is 0. The van der Waals surface area contributed by atoms with E-state index in [2.05, 4.69) is 229 Å². The van der Waals surface area contributed by atoms with Crippen LogP contribution in [0.1, 0.15) is 51.3 Å². The van der Waals surface area contributed by atoms with E-state index in [9.17, 15) is 0 Å². The first kappa shape index (κ1) is 56.9. The molecule has 0 unspecified atom stereocenters. The monoisotopic (exact) mass is 977 g/mol. The summed E-state index contributed by atoms with van der Waals surface area (Å²) >= 11 is 0. The lowest BCUT2D eigenvalue weighted by Gasteiger charge is -2.14. The topological polar surface area (TPSA) is 25.8 Å². The SMILES string of the molecule is C=C/C(C)=C(\C=C)c1ccc(-c2cc(-c3cccc(-c4cc(-c5ccccc5)nc(-c5ccc(-c6ccccc6C)cc5)c4)c3)cc(-c3ccccc3)n2)cc1.C=C/C=C\C.C=C/C=C\C.CC.Cc1ccccc1. The molecule has 0 aliphatic rings. The molecule has 0 aliphatic heterocycles. The van der Waals surface area contributed by atoms with Gasteiger partial charge >= 0.3 is 0 Å². The fraction of sp³-hybridized carbons (Fsp3) is 0.0959. The third-order valence-electron chi connectivity index (χ3n) is 12.0. The Morgan fingerprint density at radius 3 is 1.11 bits per heavy atom. The maximum Gasteiger partial charge on any atom is 0.0715 e. The maximum atomic E-state index is 5.21. The number of hydrogen-bond donors (Lipinski definition) is 0. The normalized spacial score (nSPS) is 10.7. The summed E-state index contributed by atoms with van der Waals surface area (Å²) in [5, 5.41) is 0. The van der Waals surface area contributed by atoms with Crippen LogP contribution in [-0.2, 0) is 0 Å². The third kappa shape index (κ3) is 16.8. The Morgan fingerprint density at radius 2 is 0.747 bits per heavy atom. The minimum absolute atomic E-state index is 0.912. The lowest BCUT2D eigenvalue weighted by Crippen LogP contribution is -1.93. The van der Waals surface area contributed by atoms with Gasteiger partial charge in [0.1, 0.15) is 0 Å². The van der Waals surface area contributed by atoms with E-state index < -0.39 is 0 Å². The smallest absolute Gasteiger partial charge is 0.0715 e. The van der Waals surface area contributed by atoms with Crippen molar-refractivity contribution in [2.45, 2.75) is 48.5 Å². The number of benzene rings is 7. The molecule has 0 N–H and O–H groups in total. The lowest BCUT2D eigenvalue weighted by molar-refractivity contribution is 1.32. The van der Waals surface area contributed by atoms with Crippen molar-refractivity contribution in [3.05, 3.63) is 310 Å². The Balaban J connectivity index is 0.000000467. The molecule has 0 aliphatic carbocycles. The number of aromatic nitrogens is 2. The van der Waals surface area contributed by atoms with Crippen molar-refractivity contribution in [1.82, 2.24) is 9.97 Å². The molecule has 0 amide bonds. The Labute approximate surface area is 449 Å². The van der Waals surface area contributed by atoms with E-state index in [1.807, 2.05) is 94.5 Å². The molecule has 2 heterocycles. The van der Waals surface area contributed by atoms with Gasteiger partial charge in [0.15, 0.2) is 0 Å². The van der Waals surface area contributed by atoms with Gasteiger partial charge in [0.05, 0.1) is 22.8 Å². The third-order valence-corrected chi connectivity index (χ3v) is 12.0. The van der Waals surface area contributed by atoms with E-state index in [0.29, 0.717) is 0 Å². The predicted molar refractivity (Wildman–Crippen MR) is 330 cm³/mol. The molecular weight excluding hydrogens is 905 g/mol. The highest BCUT2D eigenvalue weighted by Crippen LogP contribution is 2.36. The number of nitrogens with zero attached hydrogens (tertiary/aromatic N) is 2. The van der Waals surface area contributed by atoms with Gasteiger partial charge in [0.25, 0.3) is 0 Å². The van der Waals surface area contributed by atoms with Gasteiger partial charge in [-0.25, -0.2) is 9.97 Å². The summed E-state index contributed by atoms with van der Waals surface area (Å²) in [6.07, 6.45) is 14.9. The molecule has 7 aromatic carbocycles. The standard InChI is InChI=1S/C54H42N2.C7H8.2C5H8.C2H6/c1-5-37(3)49(6-2)39-24-28-43(29-25-39)53-35-47(33-51(55-53)41-17-9-7-10-18-41)45-21-15-22-46(32-45)48-34-52(42-19-11-8-12-20-42)56-54(36-48)44-30-26-40(27-31-44)50-23-14-13-16-38(50)4;1-7-5-3-2-4-6-7;2*1-3-5-4-2;1-2/h5-36H,1-2H2,3-4H3;2-6H,1H3;2*3-5H,1H2,2H3;1-2H3/b49-37+;;2*5-4-;. The fourth-order valence-electron chi connectivity index (χ4n) is 8.04. The van der Waals surface area contributed by atoms with Crippen molar-refractivity contribution in [3.8, 4) is 78.4 Å². The molecule has 9 rings (SSSR count). The van der Waals surface area contributed by atoms with Gasteiger partial charge in [-0.3, -0.25) is 0 Å². The van der Waals surface area contributed by atoms with Crippen LogP contribution in [0.3, 0.4) is 0 Å². The lowest BCUT2D eigenvalue weighted by atomic mass is 9.94. The van der Waals surface area contributed by atoms with Crippen LogP contribution < -0.4 is 0 Å². The first-order valence-electron chi connectivity index (χ1n) is 25.7. The first-order valence-corrected chi connectivity index (χ1v) is 25.7. The molecular formula is C73H72N2. The van der Waals surface area contributed by atoms with E-state index in [1.165, 1.54) is 22.3 Å². The molecule has 75 heavy (non-hydrogen) atoms. The van der Waals surface area contributed by atoms with Crippen LogP contribution in [0.15, 0.2) is 293 Å². The van der Waals surface area contributed by atoms with Crippen LogP contribution in [0.25, 0.3) is 84.0 Å². The van der Waals surface area contributed by atoms with Gasteiger partial charge in [-0.1, -0.05) is 276 Å². The average Bonchev–Trinajstić information content (AvgIpc) is 3.47. The van der Waals surface area contributed by atoms with Gasteiger partial charge in [-0.2, -0.15) is 0 Å². The second kappa shape index (κ2) is 30.8. The Kier molecular flexibility index (Phi) is 23.4. The highest BCUT2D eigenvalue weighted by molar-refractivity contribution is 5.84. The number of allylic oxidation sites excluding steroid dienone is 10. The van der Waals surface area contributed by atoms with Crippen molar-refractivity contribution < 1.29 is 0 Å². The fourth-order valence-corrected chi connectivity index (χ4v) is 8.04. The van der Waals surface area contributed by atoms with Crippen LogP contribution in [0.4, 0.5) is 0 Å². The summed E-state index contributed by atoms with van der Waals surface area (Å²) in [6.45, 7) is 29.1. The number of aryl methyl sites for hydroxylation is 2. The molecule has 374 valence electrons. The van der Waals surface area contributed by atoms with E-state index in [4.69, 9.17) is 9.97 Å². The quantitative estimate of drug-likeness (QED) is 0.114. The van der Waals surface area contributed by atoms with E-state index in [0.717, 1.165) is 84.0 Å². The van der Waals surface area contributed by atoms with Crippen LogP contribution >= 0.6 is 0 Å². The number of pyridine rings is 2. The van der Waals surface area contributed by atoms with Gasteiger partial charge in [-0.15, -0.1) is 0 Å². The van der Waals surface area contributed by atoms with Crippen LogP contribution in [-0.4, -0.2) is 9.97 Å². The summed E-state index contributed by atoms with van der Waals surface area (Å²) in [4.78, 5) is 10.4. The van der Waals surface area contributed by atoms with Crippen LogP contribution in [0, 0.1) is 13.8 Å². The molecule has 0 fully saturated rings. The van der Waals surface area contributed by atoms with Gasteiger partial charge in [-0.05, 0) is 121 Å². The molecule has 0 spiro atoms. The Morgan fingerprint density at radius 1 is 0.373 bits per heavy atom. The highest BCUT2D eigenvalue weighted by atomic mass is 14.7. The van der Waals surface area contributed by atoms with Crippen LogP contribution in [0.2, 0.25) is 0 Å². The highest BCUT2D eigenvalue weighted by Gasteiger charge is 2.14. The average molecular weight is 977 g/mol. The van der Waals surface area contributed by atoms with Crippen molar-refractivity contribution >= 4 is 5.57 Å². The summed E-state index contributed by atoms with van der Waals surface area (Å²) < 4.78 is 0. The molecule has 2 aromatic heterocycles. The first-order chi connectivity index (χ1) is 36.7. The minimum Gasteiger partial charge on any atom is -0.248 e. The second-order valence-corrected chi connectivity index (χ2v) is 17.2. The molecule has 9 aromatic rings. The zero-order valence-electron chi connectivity index (χ0n) is 45.0. The molecule has 0 saturated carbocycles. The largest absolute Gasteiger partial charge is 0.248 e. The summed E-state index contributed by atoms with van der Waals surface area (Å²) in [5.41, 5.74) is 20.7. The van der Waals surface area contributed by atoms with Crippen molar-refractivity contribution in [3.63, 3.8) is 0 Å².